The highest BCUT2D eigenvalue weighted by Crippen LogP contribution is 2.15. The van der Waals surface area contributed by atoms with Gasteiger partial charge in [-0.3, -0.25) is 47.9 Å². The van der Waals surface area contributed by atoms with Gasteiger partial charge in [-0.1, -0.05) is 133 Å². The van der Waals surface area contributed by atoms with Crippen molar-refractivity contribution in [2.75, 3.05) is 26.2 Å². The van der Waals surface area contributed by atoms with E-state index >= 15 is 0 Å². The highest BCUT2D eigenvalue weighted by atomic mass is 16.2. The Labute approximate surface area is 565 Å². The monoisotopic (exact) mass is 1330 g/mol. The quantitative estimate of drug-likeness (QED) is 0.0223. The molecule has 0 aliphatic heterocycles. The van der Waals surface area contributed by atoms with E-state index in [1.807, 2.05) is 109 Å². The minimum absolute atomic E-state index is 0.0807. The second-order valence-corrected chi connectivity index (χ2v) is 24.3. The molecule has 4 rings (SSSR count). The molecule has 524 valence electrons. The van der Waals surface area contributed by atoms with E-state index in [2.05, 4.69) is 42.5 Å². The molecule has 0 aromatic heterocycles. The van der Waals surface area contributed by atoms with Crippen LogP contribution in [0.15, 0.2) is 133 Å². The summed E-state index contributed by atoms with van der Waals surface area (Å²) < 4.78 is 0. The van der Waals surface area contributed by atoms with E-state index in [0.29, 0.717) is 116 Å². The van der Waals surface area contributed by atoms with E-state index in [-0.39, 0.29) is 76.0 Å². The van der Waals surface area contributed by atoms with Crippen molar-refractivity contribution >= 4 is 59.1 Å². The molecule has 10 amide bonds. The Hall–Kier alpha value is -8.84. The zero-order chi connectivity index (χ0) is 69.7. The molecule has 0 radical (unpaired) electrons. The van der Waals surface area contributed by atoms with Crippen LogP contribution in [0.25, 0.3) is 0 Å². The molecule has 0 saturated carbocycles. The Kier molecular flexibility index (Phi) is 39.1. The van der Waals surface area contributed by atoms with Gasteiger partial charge in [-0.15, -0.1) is 0 Å². The van der Waals surface area contributed by atoms with Gasteiger partial charge in [-0.05, 0) is 164 Å². The highest BCUT2D eigenvalue weighted by Gasteiger charge is 2.34. The van der Waals surface area contributed by atoms with Crippen LogP contribution in [0.2, 0.25) is 0 Å². The van der Waals surface area contributed by atoms with Gasteiger partial charge < -0.3 is 76.9 Å². The van der Waals surface area contributed by atoms with Gasteiger partial charge in [0.2, 0.25) is 59.1 Å². The number of primary amides is 2. The van der Waals surface area contributed by atoms with Gasteiger partial charge in [0, 0.05) is 38.5 Å². The molecule has 20 N–H and O–H groups in total. The summed E-state index contributed by atoms with van der Waals surface area (Å²) in [4.78, 5) is 137. The number of hydrogen-bond acceptors (Lipinski definition) is 14. The molecule has 24 nitrogen and oxygen atoms in total. The maximum atomic E-state index is 14.3. The molecule has 4 aromatic carbocycles. The molecule has 24 heteroatoms. The Bertz CT molecular complexity index is 2800. The Morgan fingerprint density at radius 2 is 0.510 bits per heavy atom. The van der Waals surface area contributed by atoms with Crippen molar-refractivity contribution in [1.29, 1.82) is 0 Å². The fraction of sp³-hybridized carbons (Fsp3) is 0.500. The lowest BCUT2D eigenvalue weighted by Crippen LogP contribution is -2.58. The first kappa shape index (κ1) is 79.6. The average Bonchev–Trinajstić information content (AvgIpc) is 1.10. The standard InChI is InChI=1S/C72H106N14O10/c73-43-25-21-37-55(65(77)89)81-71(95)61(49-53-33-15-9-16-34-53)85-67(91)57(39-23-27-45-75)83-69(93)59(47-51-29-11-7-12-30-51)79-63(87)41-19-5-3-1-2-4-6-20-42-64(88)80-60(48-52-31-13-8-14-32-52)70(94)84-58(40-24-28-46-76)68(92)86-62(50-54-35-17-10-18-36-54)72(96)82-56(66(78)90)38-22-26-44-74/h1-2,7-18,29-36,55-62H,3-6,19-28,37-50,73-76H2,(H2,77,89)(H2,78,90)(H,79,87)(H,80,88)(H,81,95)(H,82,96)(H,83,93)(H,84,94)(H,85,91)(H,86,92)/b2-1+/t55-,56-,57-,58-,59-,60-,61-,62-/m0/s1. The molecule has 0 fully saturated rings. The number of amides is 10. The molecule has 96 heavy (non-hydrogen) atoms. The molecule has 0 saturated heterocycles. The first-order valence-electron chi connectivity index (χ1n) is 34.1. The minimum Gasteiger partial charge on any atom is -0.368 e. The van der Waals surface area contributed by atoms with Crippen LogP contribution in [0.3, 0.4) is 0 Å². The van der Waals surface area contributed by atoms with Crippen LogP contribution in [-0.4, -0.2) is 134 Å². The van der Waals surface area contributed by atoms with Crippen LogP contribution < -0.4 is 76.9 Å². The number of nitrogens with two attached hydrogens (primary N) is 6. The van der Waals surface area contributed by atoms with E-state index in [4.69, 9.17) is 34.4 Å². The Balaban J connectivity index is 1.33. The van der Waals surface area contributed by atoms with Crippen LogP contribution in [0.1, 0.15) is 151 Å². The first-order chi connectivity index (χ1) is 46.4. The molecule has 4 aromatic rings. The third kappa shape index (κ3) is 32.5. The van der Waals surface area contributed by atoms with Gasteiger partial charge in [0.15, 0.2) is 0 Å². The first-order valence-corrected chi connectivity index (χ1v) is 34.1. The lowest BCUT2D eigenvalue weighted by atomic mass is 10.0. The highest BCUT2D eigenvalue weighted by molar-refractivity contribution is 5.97. The third-order valence-electron chi connectivity index (χ3n) is 16.3. The number of carbonyl (C=O) groups is 10. The molecular weight excluding hydrogens is 1220 g/mol. The molecule has 0 bridgehead atoms. The second-order valence-electron chi connectivity index (χ2n) is 24.3. The topological polar surface area (TPSA) is 423 Å². The largest absolute Gasteiger partial charge is 0.368 e. The van der Waals surface area contributed by atoms with Crippen molar-refractivity contribution < 1.29 is 47.9 Å². The number of nitrogens with one attached hydrogen (secondary N) is 8. The summed E-state index contributed by atoms with van der Waals surface area (Å²) in [6, 6.07) is 27.9. The van der Waals surface area contributed by atoms with Crippen molar-refractivity contribution in [3.8, 4) is 0 Å². The van der Waals surface area contributed by atoms with Crippen LogP contribution >= 0.6 is 0 Å². The number of rotatable bonds is 50. The third-order valence-corrected chi connectivity index (χ3v) is 16.3. The molecule has 0 spiro atoms. The lowest BCUT2D eigenvalue weighted by molar-refractivity contribution is -0.134. The predicted molar refractivity (Wildman–Crippen MR) is 372 cm³/mol. The lowest BCUT2D eigenvalue weighted by Gasteiger charge is -2.26. The SMILES string of the molecule is NCCCC[C@H](NC(=O)[C@H](Cc1ccccc1)NC(=O)[C@H](CCCCN)NC(=O)[C@H](Cc1ccccc1)NC(=O)CCCC/C=C/CCCCC(=O)N[C@@H](Cc1ccccc1)C(=O)N[C@@H](CCCCN)C(=O)N[C@@H](Cc1ccccc1)C(=O)N[C@@H](CCCCN)C(N)=O)C(N)=O. The molecule has 0 aliphatic carbocycles. The van der Waals surface area contributed by atoms with Crippen LogP contribution in [0.4, 0.5) is 0 Å². The van der Waals surface area contributed by atoms with Crippen LogP contribution in [0, 0.1) is 0 Å². The summed E-state index contributed by atoms with van der Waals surface area (Å²) in [5.41, 5.74) is 37.3. The maximum absolute atomic E-state index is 14.3. The van der Waals surface area contributed by atoms with Crippen molar-refractivity contribution in [2.45, 2.75) is 202 Å². The number of unbranched alkanes of at least 4 members (excludes halogenated alkanes) is 8. The van der Waals surface area contributed by atoms with Crippen molar-refractivity contribution in [3.63, 3.8) is 0 Å². The van der Waals surface area contributed by atoms with Crippen LogP contribution in [-0.2, 0) is 73.6 Å². The molecule has 0 unspecified atom stereocenters. The smallest absolute Gasteiger partial charge is 0.243 e. The van der Waals surface area contributed by atoms with Gasteiger partial charge in [0.25, 0.3) is 0 Å². The molecule has 0 aliphatic rings. The number of carbonyl (C=O) groups excluding carboxylic acids is 10. The summed E-state index contributed by atoms with van der Waals surface area (Å²) >= 11 is 0. The minimum atomic E-state index is -1.14. The van der Waals surface area contributed by atoms with Gasteiger partial charge in [0.05, 0.1) is 0 Å². The second kappa shape index (κ2) is 47.1. The van der Waals surface area contributed by atoms with Gasteiger partial charge in [0.1, 0.15) is 48.3 Å². The van der Waals surface area contributed by atoms with E-state index in [1.165, 1.54) is 0 Å². The number of benzene rings is 4. The van der Waals surface area contributed by atoms with Gasteiger partial charge in [-0.25, -0.2) is 0 Å². The van der Waals surface area contributed by atoms with Crippen molar-refractivity contribution in [2.24, 2.45) is 34.4 Å². The molecule has 8 atom stereocenters. The summed E-state index contributed by atoms with van der Waals surface area (Å²) in [5.74, 6) is -5.80. The summed E-state index contributed by atoms with van der Waals surface area (Å²) in [6.07, 6.45) is 13.8. The molecule has 0 heterocycles. The Morgan fingerprint density at radius 3 is 0.771 bits per heavy atom. The fourth-order valence-electron chi connectivity index (χ4n) is 10.8. The summed E-state index contributed by atoms with van der Waals surface area (Å²) in [6.45, 7) is 1.50. The zero-order valence-electron chi connectivity index (χ0n) is 55.7. The van der Waals surface area contributed by atoms with E-state index in [0.717, 1.165) is 22.3 Å². The van der Waals surface area contributed by atoms with Gasteiger partial charge in [-0.2, -0.15) is 0 Å². The van der Waals surface area contributed by atoms with Gasteiger partial charge >= 0.3 is 0 Å². The Morgan fingerprint density at radius 1 is 0.281 bits per heavy atom. The summed E-state index contributed by atoms with van der Waals surface area (Å²) in [5, 5.41) is 22.6. The van der Waals surface area contributed by atoms with Crippen molar-refractivity contribution in [1.82, 2.24) is 42.5 Å². The summed E-state index contributed by atoms with van der Waals surface area (Å²) in [7, 11) is 0. The maximum Gasteiger partial charge on any atom is 0.243 e. The zero-order valence-corrected chi connectivity index (χ0v) is 55.7. The van der Waals surface area contributed by atoms with E-state index in [9.17, 15) is 47.9 Å². The van der Waals surface area contributed by atoms with E-state index < -0.39 is 95.6 Å². The van der Waals surface area contributed by atoms with Crippen LogP contribution in [0.5, 0.6) is 0 Å². The average molecular weight is 1330 g/mol. The fourth-order valence-corrected chi connectivity index (χ4v) is 10.8. The number of hydrogen-bond donors (Lipinski definition) is 14. The normalized spacial score (nSPS) is 13.7. The number of allylic oxidation sites excluding steroid dienone is 2. The predicted octanol–water partition coefficient (Wildman–Crippen LogP) is 3.00. The van der Waals surface area contributed by atoms with Crippen molar-refractivity contribution in [3.05, 3.63) is 156 Å². The van der Waals surface area contributed by atoms with E-state index in [1.54, 1.807) is 24.3 Å². The molecular formula is C72H106N14O10.